The predicted octanol–water partition coefficient (Wildman–Crippen LogP) is 10.3. The van der Waals surface area contributed by atoms with Crippen molar-refractivity contribution >= 4 is 32.6 Å². The van der Waals surface area contributed by atoms with Crippen LogP contribution >= 0.6 is 0 Å². The van der Waals surface area contributed by atoms with Gasteiger partial charge in [-0.25, -0.2) is 0 Å². The Balaban J connectivity index is 1.38. The molecule has 0 fully saturated rings. The fraction of sp³-hybridized carbons (Fsp3) is 0.0500. The molecule has 0 bridgehead atoms. The third kappa shape index (κ3) is 3.95. The highest BCUT2D eigenvalue weighted by Crippen LogP contribution is 2.43. The van der Waals surface area contributed by atoms with Crippen LogP contribution in [0.4, 0.5) is 0 Å². The molecule has 6 aromatic carbocycles. The minimum Gasteiger partial charge on any atom is -0.370 e. The Bertz CT molecular complexity index is 2130. The summed E-state index contributed by atoms with van der Waals surface area (Å²) in [6.45, 7) is 0. The normalized spacial score (nSPS) is 14.8. The average Bonchev–Trinajstić information content (AvgIpc) is 3.38. The lowest BCUT2D eigenvalue weighted by Gasteiger charge is -2.26. The van der Waals surface area contributed by atoms with Gasteiger partial charge in [0.05, 0.1) is 17.1 Å². The van der Waals surface area contributed by atoms with Crippen molar-refractivity contribution < 1.29 is 0 Å². The molecule has 1 aliphatic rings. The van der Waals surface area contributed by atoms with Gasteiger partial charge in [-0.15, -0.1) is 0 Å². The highest BCUT2D eigenvalue weighted by molar-refractivity contribution is 6.21. The van der Waals surface area contributed by atoms with Crippen molar-refractivity contribution in [3.8, 4) is 27.9 Å². The van der Waals surface area contributed by atoms with Gasteiger partial charge in [0, 0.05) is 29.1 Å². The first-order valence-electron chi connectivity index (χ1n) is 14.5. The van der Waals surface area contributed by atoms with Crippen LogP contribution in [-0.2, 0) is 0 Å². The van der Waals surface area contributed by atoms with E-state index in [1.165, 1.54) is 66.1 Å². The smallest absolute Gasteiger partial charge is 0.0720 e. The quantitative estimate of drug-likeness (QED) is 0.216. The van der Waals surface area contributed by atoms with Crippen LogP contribution in [0.1, 0.15) is 11.6 Å². The van der Waals surface area contributed by atoms with E-state index in [2.05, 4.69) is 174 Å². The molecular weight excluding hydrogens is 508 g/mol. The largest absolute Gasteiger partial charge is 0.370 e. The van der Waals surface area contributed by atoms with Crippen LogP contribution in [0.25, 0.3) is 60.5 Å². The number of hydrogen-bond donors (Lipinski definition) is 0. The molecule has 0 amide bonds. The van der Waals surface area contributed by atoms with Crippen LogP contribution < -0.4 is 0 Å². The first-order chi connectivity index (χ1) is 20.8. The summed E-state index contributed by atoms with van der Waals surface area (Å²) in [5.41, 5.74) is 9.85. The molecule has 0 saturated heterocycles. The second kappa shape index (κ2) is 9.94. The van der Waals surface area contributed by atoms with Crippen LogP contribution in [0.15, 0.2) is 158 Å². The van der Waals surface area contributed by atoms with Gasteiger partial charge in [0.25, 0.3) is 0 Å². The SMILES string of the molecule is CN1C=CC=CC1c1ccc(-n2c3ccccc3c3cc4ccccc4c(-c4ccc(-c5ccccc5)cc4)c32)cc1. The van der Waals surface area contributed by atoms with E-state index >= 15 is 0 Å². The molecule has 1 unspecified atom stereocenters. The van der Waals surface area contributed by atoms with Gasteiger partial charge in [-0.3, -0.25) is 0 Å². The molecule has 2 nitrogen and oxygen atoms in total. The summed E-state index contributed by atoms with van der Waals surface area (Å²) in [5, 5.41) is 5.06. The van der Waals surface area contributed by atoms with E-state index in [0.29, 0.717) is 0 Å². The molecule has 1 atom stereocenters. The highest BCUT2D eigenvalue weighted by Gasteiger charge is 2.20. The number of allylic oxidation sites excluding steroid dienone is 2. The van der Waals surface area contributed by atoms with Crippen LogP contribution in [0, 0.1) is 0 Å². The number of likely N-dealkylation sites (N-methyl/N-ethyl adjacent to an activating group) is 1. The number of benzene rings is 6. The maximum atomic E-state index is 2.46. The summed E-state index contributed by atoms with van der Waals surface area (Å²) in [7, 11) is 2.13. The lowest BCUT2D eigenvalue weighted by atomic mass is 9.93. The lowest BCUT2D eigenvalue weighted by Crippen LogP contribution is -2.18. The maximum Gasteiger partial charge on any atom is 0.0720 e. The highest BCUT2D eigenvalue weighted by atomic mass is 15.1. The summed E-state index contributed by atoms with van der Waals surface area (Å²) in [4.78, 5) is 2.25. The van der Waals surface area contributed by atoms with Crippen molar-refractivity contribution in [1.82, 2.24) is 9.47 Å². The number of aromatic nitrogens is 1. The van der Waals surface area contributed by atoms with E-state index < -0.39 is 0 Å². The van der Waals surface area contributed by atoms with E-state index in [4.69, 9.17) is 0 Å². The number of nitrogens with zero attached hydrogens (tertiary/aromatic N) is 2. The Morgan fingerprint density at radius 1 is 0.548 bits per heavy atom. The van der Waals surface area contributed by atoms with Crippen LogP contribution in [0.5, 0.6) is 0 Å². The van der Waals surface area contributed by atoms with E-state index in [-0.39, 0.29) is 6.04 Å². The van der Waals surface area contributed by atoms with E-state index in [1.54, 1.807) is 0 Å². The Labute approximate surface area is 246 Å². The molecule has 0 aliphatic carbocycles. The summed E-state index contributed by atoms with van der Waals surface area (Å²) in [5.74, 6) is 0. The van der Waals surface area contributed by atoms with E-state index in [0.717, 1.165) is 0 Å². The predicted molar refractivity (Wildman–Crippen MR) is 178 cm³/mol. The molecular formula is C40H30N2. The Morgan fingerprint density at radius 2 is 1.21 bits per heavy atom. The van der Waals surface area contributed by atoms with Gasteiger partial charge in [-0.1, -0.05) is 121 Å². The molecule has 0 spiro atoms. The van der Waals surface area contributed by atoms with Gasteiger partial charge in [0.1, 0.15) is 0 Å². The maximum absolute atomic E-state index is 2.46. The van der Waals surface area contributed by atoms with Gasteiger partial charge in [0.15, 0.2) is 0 Å². The van der Waals surface area contributed by atoms with Gasteiger partial charge in [0.2, 0.25) is 0 Å². The van der Waals surface area contributed by atoms with Gasteiger partial charge in [-0.05, 0) is 69.6 Å². The molecule has 7 aromatic rings. The Kier molecular flexibility index (Phi) is 5.79. The number of rotatable bonds is 4. The first kappa shape index (κ1) is 24.5. The van der Waals surface area contributed by atoms with Gasteiger partial charge >= 0.3 is 0 Å². The third-order valence-corrected chi connectivity index (χ3v) is 8.62. The number of fused-ring (bicyclic) bond motifs is 4. The lowest BCUT2D eigenvalue weighted by molar-refractivity contribution is 0.390. The first-order valence-corrected chi connectivity index (χ1v) is 14.5. The van der Waals surface area contributed by atoms with Crippen LogP contribution in [-0.4, -0.2) is 16.5 Å². The molecule has 1 aromatic heterocycles. The monoisotopic (exact) mass is 538 g/mol. The minimum atomic E-state index is 0.241. The molecule has 8 rings (SSSR count). The second-order valence-electron chi connectivity index (χ2n) is 11.1. The summed E-state index contributed by atoms with van der Waals surface area (Å²) in [6.07, 6.45) is 8.60. The second-order valence-corrected chi connectivity index (χ2v) is 11.1. The number of hydrogen-bond acceptors (Lipinski definition) is 1. The molecule has 0 saturated carbocycles. The number of para-hydroxylation sites is 1. The van der Waals surface area contributed by atoms with Crippen molar-refractivity contribution in [3.63, 3.8) is 0 Å². The fourth-order valence-electron chi connectivity index (χ4n) is 6.56. The van der Waals surface area contributed by atoms with E-state index in [1.807, 2.05) is 0 Å². The molecule has 0 N–H and O–H groups in total. The van der Waals surface area contributed by atoms with Gasteiger partial charge in [-0.2, -0.15) is 0 Å². The standard InChI is InChI=1S/C40H30N2/c1-41-26-10-9-16-37(41)30-22-24-33(25-23-30)42-38-17-8-7-15-35(38)36-27-32-13-5-6-14-34(32)39(40(36)42)31-20-18-29(19-21-31)28-11-3-2-4-12-28/h2-27,37H,1H3. The van der Waals surface area contributed by atoms with E-state index in [9.17, 15) is 0 Å². The minimum absolute atomic E-state index is 0.241. The zero-order chi connectivity index (χ0) is 28.0. The molecule has 2 heteroatoms. The zero-order valence-electron chi connectivity index (χ0n) is 23.5. The summed E-state index contributed by atoms with van der Waals surface area (Å²) < 4.78 is 2.46. The molecule has 0 radical (unpaired) electrons. The molecule has 42 heavy (non-hydrogen) atoms. The molecule has 200 valence electrons. The van der Waals surface area contributed by atoms with Crippen molar-refractivity contribution in [2.24, 2.45) is 0 Å². The summed E-state index contributed by atoms with van der Waals surface area (Å²) in [6, 6.07) is 49.0. The topological polar surface area (TPSA) is 8.17 Å². The van der Waals surface area contributed by atoms with Crippen molar-refractivity contribution in [2.75, 3.05) is 7.05 Å². The third-order valence-electron chi connectivity index (χ3n) is 8.62. The van der Waals surface area contributed by atoms with Crippen molar-refractivity contribution in [1.29, 1.82) is 0 Å². The molecule has 2 heterocycles. The molecule has 1 aliphatic heterocycles. The Morgan fingerprint density at radius 3 is 2.00 bits per heavy atom. The van der Waals surface area contributed by atoms with Crippen molar-refractivity contribution in [2.45, 2.75) is 6.04 Å². The van der Waals surface area contributed by atoms with Crippen LogP contribution in [0.3, 0.4) is 0 Å². The van der Waals surface area contributed by atoms with Gasteiger partial charge < -0.3 is 9.47 Å². The fourth-order valence-corrected chi connectivity index (χ4v) is 6.56. The average molecular weight is 539 g/mol. The zero-order valence-corrected chi connectivity index (χ0v) is 23.5. The van der Waals surface area contributed by atoms with Crippen LogP contribution in [0.2, 0.25) is 0 Å². The van der Waals surface area contributed by atoms with Crippen molar-refractivity contribution in [3.05, 3.63) is 163 Å². The summed E-state index contributed by atoms with van der Waals surface area (Å²) >= 11 is 0. The Hall–Kier alpha value is -5.34.